The van der Waals surface area contributed by atoms with Crippen molar-refractivity contribution in [3.8, 4) is 5.88 Å². The second-order valence-corrected chi connectivity index (χ2v) is 6.44. The van der Waals surface area contributed by atoms with Gasteiger partial charge < -0.3 is 14.2 Å². The Morgan fingerprint density at radius 3 is 2.13 bits per heavy atom. The van der Waals surface area contributed by atoms with E-state index in [0.717, 1.165) is 11.1 Å². The Bertz CT molecular complexity index is 1020. The number of alkyl carbamates (subject to hydrolysis) is 1. The lowest BCUT2D eigenvalue weighted by Gasteiger charge is -2.10. The highest BCUT2D eigenvalue weighted by Crippen LogP contribution is 2.13. The van der Waals surface area contributed by atoms with E-state index in [0.29, 0.717) is 18.1 Å². The van der Waals surface area contributed by atoms with E-state index >= 15 is 0 Å². The Hall–Kier alpha value is -4.13. The predicted octanol–water partition coefficient (Wildman–Crippen LogP) is 4.10. The normalized spacial score (nSPS) is 10.8. The van der Waals surface area contributed by atoms with Gasteiger partial charge in [-0.3, -0.25) is 5.32 Å². The van der Waals surface area contributed by atoms with Gasteiger partial charge in [0.15, 0.2) is 0 Å². The van der Waals surface area contributed by atoms with Crippen molar-refractivity contribution in [1.29, 1.82) is 0 Å². The molecule has 3 rings (SSSR count). The summed E-state index contributed by atoms with van der Waals surface area (Å²) in [6.45, 7) is 0.474. The van der Waals surface area contributed by atoms with Crippen molar-refractivity contribution in [3.63, 3.8) is 0 Å². The molecule has 0 unspecified atom stereocenters. The lowest BCUT2D eigenvalue weighted by atomic mass is 10.2. The fourth-order valence-electron chi connectivity index (χ4n) is 2.59. The predicted molar refractivity (Wildman–Crippen MR) is 115 cm³/mol. The maximum atomic E-state index is 12.1. The van der Waals surface area contributed by atoms with Gasteiger partial charge >= 0.3 is 12.1 Å². The number of methoxy groups -OCH3 is 1. The minimum absolute atomic E-state index is 0.0692. The molecule has 0 saturated carbocycles. The molecule has 0 radical (unpaired) electrons. The van der Waals surface area contributed by atoms with Crippen LogP contribution in [0.3, 0.4) is 0 Å². The maximum Gasteiger partial charge on any atom is 0.412 e. The summed E-state index contributed by atoms with van der Waals surface area (Å²) in [5.74, 6) is -0.267. The number of nitrogens with zero attached hydrogens (tertiary/aromatic N) is 1. The third kappa shape index (κ3) is 7.01. The van der Waals surface area contributed by atoms with Crippen LogP contribution >= 0.6 is 0 Å². The fraction of sp³-hybridized carbons (Fsp3) is 0.125. The molecule has 1 heterocycles. The molecular weight excluding hydrogens is 396 g/mol. The van der Waals surface area contributed by atoms with Crippen LogP contribution in [-0.4, -0.2) is 24.2 Å². The molecule has 0 aliphatic heterocycles. The topological polar surface area (TPSA) is 86.8 Å². The van der Waals surface area contributed by atoms with Gasteiger partial charge in [0.05, 0.1) is 7.11 Å². The molecule has 1 N–H and O–H groups in total. The van der Waals surface area contributed by atoms with E-state index in [9.17, 15) is 9.59 Å². The van der Waals surface area contributed by atoms with Crippen molar-refractivity contribution in [2.45, 2.75) is 13.2 Å². The number of nitrogens with one attached hydrogen (secondary N) is 1. The first-order valence-electron chi connectivity index (χ1n) is 9.54. The molecule has 0 atom stereocenters. The number of carbonyl (C=O) groups is 2. The molecular formula is C24H22N2O5. The van der Waals surface area contributed by atoms with Gasteiger partial charge in [-0.2, -0.15) is 0 Å². The van der Waals surface area contributed by atoms with Gasteiger partial charge in [0.1, 0.15) is 18.9 Å². The summed E-state index contributed by atoms with van der Waals surface area (Å²) < 4.78 is 15.5. The van der Waals surface area contributed by atoms with E-state index in [1.54, 1.807) is 12.1 Å². The zero-order valence-corrected chi connectivity index (χ0v) is 17.0. The van der Waals surface area contributed by atoms with E-state index in [2.05, 4.69) is 10.3 Å². The smallest absolute Gasteiger partial charge is 0.412 e. The van der Waals surface area contributed by atoms with Crippen LogP contribution in [0.1, 0.15) is 16.7 Å². The Morgan fingerprint density at radius 2 is 1.55 bits per heavy atom. The van der Waals surface area contributed by atoms with Gasteiger partial charge in [-0.05, 0) is 28.8 Å². The maximum absolute atomic E-state index is 12.1. The van der Waals surface area contributed by atoms with Gasteiger partial charge in [0.25, 0.3) is 0 Å². The monoisotopic (exact) mass is 418 g/mol. The van der Waals surface area contributed by atoms with Crippen LogP contribution in [0, 0.1) is 0 Å². The molecule has 0 aliphatic carbocycles. The van der Waals surface area contributed by atoms with Crippen LogP contribution in [0.2, 0.25) is 0 Å². The van der Waals surface area contributed by atoms with Gasteiger partial charge in [0.2, 0.25) is 5.88 Å². The average molecular weight is 418 g/mol. The van der Waals surface area contributed by atoms with E-state index < -0.39 is 12.1 Å². The highest BCUT2D eigenvalue weighted by atomic mass is 16.6. The summed E-state index contributed by atoms with van der Waals surface area (Å²) in [4.78, 5) is 28.4. The van der Waals surface area contributed by atoms with Gasteiger partial charge in [-0.15, -0.1) is 0 Å². The van der Waals surface area contributed by atoms with E-state index in [4.69, 9.17) is 14.2 Å². The lowest BCUT2D eigenvalue weighted by molar-refractivity contribution is -0.136. The minimum Gasteiger partial charge on any atom is -0.473 e. The van der Waals surface area contributed by atoms with Crippen molar-refractivity contribution >= 4 is 18.1 Å². The first-order valence-corrected chi connectivity index (χ1v) is 9.54. The lowest BCUT2D eigenvalue weighted by Crippen LogP contribution is -2.28. The van der Waals surface area contributed by atoms with Crippen LogP contribution in [-0.2, 0) is 27.5 Å². The minimum atomic E-state index is -0.767. The van der Waals surface area contributed by atoms with Crippen LogP contribution in [0.5, 0.6) is 5.88 Å². The van der Waals surface area contributed by atoms with E-state index in [-0.39, 0.29) is 12.3 Å². The molecule has 0 aliphatic rings. The number of esters is 1. The van der Waals surface area contributed by atoms with Crippen molar-refractivity contribution in [2.75, 3.05) is 7.11 Å². The molecule has 0 fully saturated rings. The summed E-state index contributed by atoms with van der Waals surface area (Å²) in [7, 11) is 1.23. The number of pyridine rings is 1. The summed E-state index contributed by atoms with van der Waals surface area (Å²) in [5, 5.41) is 2.41. The number of carbonyl (C=O) groups excluding carboxylic acids is 2. The Balaban J connectivity index is 1.60. The number of amides is 1. The molecule has 158 valence electrons. The van der Waals surface area contributed by atoms with Gasteiger partial charge in [-0.1, -0.05) is 60.7 Å². The molecule has 0 bridgehead atoms. The molecule has 7 heteroatoms. The first-order chi connectivity index (χ1) is 15.1. The highest BCUT2D eigenvalue weighted by Gasteiger charge is 2.15. The SMILES string of the molecule is COC(=O)C(=Cc1ccc(OCc2ccccc2)nc1)NC(=O)OCc1ccccc1. The molecule has 1 aromatic heterocycles. The molecule has 1 amide bonds. The summed E-state index contributed by atoms with van der Waals surface area (Å²) in [6, 6.07) is 22.3. The van der Waals surface area contributed by atoms with Gasteiger partial charge in [-0.25, -0.2) is 14.6 Å². The number of rotatable bonds is 8. The van der Waals surface area contributed by atoms with Crippen LogP contribution in [0.4, 0.5) is 4.79 Å². The fourth-order valence-corrected chi connectivity index (χ4v) is 2.59. The number of ether oxygens (including phenoxy) is 3. The second kappa shape index (κ2) is 11.2. The summed E-state index contributed by atoms with van der Waals surface area (Å²) in [5.41, 5.74) is 2.37. The molecule has 0 saturated heterocycles. The van der Waals surface area contributed by atoms with Crippen LogP contribution in [0.25, 0.3) is 6.08 Å². The standard InChI is InChI=1S/C24H22N2O5/c1-29-23(27)21(26-24(28)31-17-19-10-6-3-7-11-19)14-20-12-13-22(25-15-20)30-16-18-8-4-2-5-9-18/h2-15H,16-17H2,1H3,(H,26,28). The zero-order chi connectivity index (χ0) is 21.9. The zero-order valence-electron chi connectivity index (χ0n) is 17.0. The third-order valence-electron chi connectivity index (χ3n) is 4.15. The van der Waals surface area contributed by atoms with Crippen LogP contribution in [0.15, 0.2) is 84.7 Å². The molecule has 3 aromatic rings. The first kappa shape index (κ1) is 21.6. The van der Waals surface area contributed by atoms with E-state index in [1.165, 1.54) is 19.4 Å². The Labute approximate surface area is 180 Å². The summed E-state index contributed by atoms with van der Waals surface area (Å²) in [6.07, 6.45) is 2.21. The number of hydrogen-bond acceptors (Lipinski definition) is 6. The third-order valence-corrected chi connectivity index (χ3v) is 4.15. The molecule has 0 spiro atoms. The Morgan fingerprint density at radius 1 is 0.903 bits per heavy atom. The van der Waals surface area contributed by atoms with E-state index in [1.807, 2.05) is 60.7 Å². The van der Waals surface area contributed by atoms with Crippen molar-refractivity contribution in [2.24, 2.45) is 0 Å². The molecule has 7 nitrogen and oxygen atoms in total. The number of benzene rings is 2. The average Bonchev–Trinajstić information content (AvgIpc) is 2.82. The summed E-state index contributed by atoms with van der Waals surface area (Å²) >= 11 is 0. The van der Waals surface area contributed by atoms with Gasteiger partial charge in [0, 0.05) is 12.3 Å². The quantitative estimate of drug-likeness (QED) is 0.438. The largest absolute Gasteiger partial charge is 0.473 e. The second-order valence-electron chi connectivity index (χ2n) is 6.44. The number of hydrogen-bond donors (Lipinski definition) is 1. The molecule has 31 heavy (non-hydrogen) atoms. The Kier molecular flexibility index (Phi) is 7.77. The highest BCUT2D eigenvalue weighted by molar-refractivity contribution is 5.96. The van der Waals surface area contributed by atoms with Crippen molar-refractivity contribution in [1.82, 2.24) is 10.3 Å². The number of aromatic nitrogens is 1. The van der Waals surface area contributed by atoms with Crippen molar-refractivity contribution in [3.05, 3.63) is 101 Å². The van der Waals surface area contributed by atoms with Crippen molar-refractivity contribution < 1.29 is 23.8 Å². The van der Waals surface area contributed by atoms with Crippen LogP contribution < -0.4 is 10.1 Å². The molecule has 2 aromatic carbocycles.